The van der Waals surface area contributed by atoms with Crippen LogP contribution in [-0.2, 0) is 9.47 Å². The minimum absolute atomic E-state index is 0.0543. The molecule has 1 heterocycles. The molecule has 6 nitrogen and oxygen atoms in total. The lowest BCUT2D eigenvalue weighted by atomic mass is 10.1. The molecule has 2 rings (SSSR count). The Morgan fingerprint density at radius 3 is 2.36 bits per heavy atom. The Kier molecular flexibility index (Phi) is 5.07. The van der Waals surface area contributed by atoms with Gasteiger partial charge in [-0.1, -0.05) is 0 Å². The monoisotopic (exact) mass is 370 g/mol. The van der Waals surface area contributed by atoms with Gasteiger partial charge in [0.25, 0.3) is 0 Å². The fraction of sp³-hybridized carbons (Fsp3) is 0.333. The standard InChI is InChI=1S/C15H15BrO6/c1-4-20-14(17)12-8-6-9(16)11(19-3)7-10(8)22-13(12)15(18)21-5-2/h6-7H,4-5H2,1-3H3. The van der Waals surface area contributed by atoms with E-state index in [0.717, 1.165) is 0 Å². The SMILES string of the molecule is CCOC(=O)c1oc2cc(OC)c(Br)cc2c1C(=O)OCC. The second-order valence-corrected chi connectivity index (χ2v) is 5.08. The summed E-state index contributed by atoms with van der Waals surface area (Å²) in [7, 11) is 1.51. The van der Waals surface area contributed by atoms with Crippen LogP contribution in [0.2, 0.25) is 0 Å². The number of carbonyl (C=O) groups excluding carboxylic acids is 2. The van der Waals surface area contributed by atoms with Gasteiger partial charge in [0, 0.05) is 11.5 Å². The van der Waals surface area contributed by atoms with E-state index in [1.807, 2.05) is 0 Å². The number of halogens is 1. The first-order chi connectivity index (χ1) is 10.5. The van der Waals surface area contributed by atoms with Crippen molar-refractivity contribution in [2.45, 2.75) is 13.8 Å². The van der Waals surface area contributed by atoms with Crippen LogP contribution in [0.5, 0.6) is 5.75 Å². The number of methoxy groups -OCH3 is 1. The van der Waals surface area contributed by atoms with Crippen LogP contribution in [0.25, 0.3) is 11.0 Å². The smallest absolute Gasteiger partial charge is 0.375 e. The van der Waals surface area contributed by atoms with Gasteiger partial charge in [0.15, 0.2) is 0 Å². The molecule has 0 saturated heterocycles. The first kappa shape index (κ1) is 16.4. The molecule has 0 unspecified atom stereocenters. The summed E-state index contributed by atoms with van der Waals surface area (Å²) in [5.74, 6) is -0.999. The Bertz CT molecular complexity index is 718. The molecule has 0 amide bonds. The highest BCUT2D eigenvalue weighted by atomic mass is 79.9. The summed E-state index contributed by atoms with van der Waals surface area (Å²) in [6.07, 6.45) is 0. The maximum absolute atomic E-state index is 12.2. The highest BCUT2D eigenvalue weighted by Crippen LogP contribution is 2.35. The lowest BCUT2D eigenvalue weighted by Gasteiger charge is -2.04. The van der Waals surface area contributed by atoms with Gasteiger partial charge in [-0.15, -0.1) is 0 Å². The Labute approximate surface area is 135 Å². The van der Waals surface area contributed by atoms with Crippen LogP contribution in [0.15, 0.2) is 21.0 Å². The molecule has 0 aliphatic carbocycles. The minimum atomic E-state index is -0.711. The first-order valence-electron chi connectivity index (χ1n) is 6.67. The zero-order valence-electron chi connectivity index (χ0n) is 12.4. The second kappa shape index (κ2) is 6.83. The predicted molar refractivity (Wildman–Crippen MR) is 82.4 cm³/mol. The number of benzene rings is 1. The highest BCUT2D eigenvalue weighted by Gasteiger charge is 2.28. The van der Waals surface area contributed by atoms with Crippen molar-refractivity contribution in [3.05, 3.63) is 27.9 Å². The maximum Gasteiger partial charge on any atom is 0.375 e. The summed E-state index contributed by atoms with van der Waals surface area (Å²) in [6.45, 7) is 3.71. The summed E-state index contributed by atoms with van der Waals surface area (Å²) in [5, 5.41) is 0.453. The molecule has 0 bridgehead atoms. The second-order valence-electron chi connectivity index (χ2n) is 4.23. The van der Waals surface area contributed by atoms with Crippen LogP contribution in [0.4, 0.5) is 0 Å². The van der Waals surface area contributed by atoms with Crippen molar-refractivity contribution in [3.8, 4) is 5.75 Å². The minimum Gasteiger partial charge on any atom is -0.495 e. The Balaban J connectivity index is 2.68. The van der Waals surface area contributed by atoms with Gasteiger partial charge in [0.05, 0.1) is 24.8 Å². The van der Waals surface area contributed by atoms with Crippen molar-refractivity contribution in [1.29, 1.82) is 0 Å². The van der Waals surface area contributed by atoms with Crippen molar-refractivity contribution in [1.82, 2.24) is 0 Å². The third-order valence-corrected chi connectivity index (χ3v) is 3.52. The van der Waals surface area contributed by atoms with Gasteiger partial charge in [0.2, 0.25) is 5.76 Å². The van der Waals surface area contributed by atoms with E-state index in [9.17, 15) is 9.59 Å². The van der Waals surface area contributed by atoms with E-state index in [1.165, 1.54) is 7.11 Å². The van der Waals surface area contributed by atoms with Crippen molar-refractivity contribution in [2.75, 3.05) is 20.3 Å². The first-order valence-corrected chi connectivity index (χ1v) is 7.47. The van der Waals surface area contributed by atoms with Crippen molar-refractivity contribution < 1.29 is 28.2 Å². The number of furan rings is 1. The molecular formula is C15H15BrO6. The van der Waals surface area contributed by atoms with Crippen molar-refractivity contribution >= 4 is 38.8 Å². The van der Waals surface area contributed by atoms with Gasteiger partial charge < -0.3 is 18.6 Å². The molecule has 1 aromatic heterocycles. The molecule has 22 heavy (non-hydrogen) atoms. The summed E-state index contributed by atoms with van der Waals surface area (Å²) in [6, 6.07) is 3.23. The van der Waals surface area contributed by atoms with Gasteiger partial charge in [0.1, 0.15) is 16.9 Å². The fourth-order valence-electron chi connectivity index (χ4n) is 2.00. The third kappa shape index (κ3) is 2.94. The molecule has 0 spiro atoms. The largest absolute Gasteiger partial charge is 0.495 e. The summed E-state index contributed by atoms with van der Waals surface area (Å²) < 4.78 is 21.2. The molecule has 2 aromatic rings. The molecule has 0 fully saturated rings. The molecule has 0 aliphatic rings. The molecule has 0 saturated carbocycles. The molecule has 0 radical (unpaired) electrons. The zero-order valence-corrected chi connectivity index (χ0v) is 14.0. The van der Waals surface area contributed by atoms with Gasteiger partial charge >= 0.3 is 11.9 Å². The number of esters is 2. The number of rotatable bonds is 5. The number of hydrogen-bond donors (Lipinski definition) is 0. The number of carbonyl (C=O) groups is 2. The molecule has 1 aromatic carbocycles. The van der Waals surface area contributed by atoms with Crippen LogP contribution in [0.1, 0.15) is 34.8 Å². The van der Waals surface area contributed by atoms with Crippen molar-refractivity contribution in [2.24, 2.45) is 0 Å². The molecule has 0 atom stereocenters. The van der Waals surface area contributed by atoms with E-state index >= 15 is 0 Å². The average Bonchev–Trinajstić information content (AvgIpc) is 2.85. The topological polar surface area (TPSA) is 75.0 Å². The zero-order chi connectivity index (χ0) is 16.3. The Hall–Kier alpha value is -2.02. The Morgan fingerprint density at radius 1 is 1.14 bits per heavy atom. The normalized spacial score (nSPS) is 10.5. The van der Waals surface area contributed by atoms with E-state index in [0.29, 0.717) is 21.2 Å². The maximum atomic E-state index is 12.2. The third-order valence-electron chi connectivity index (χ3n) is 2.90. The summed E-state index contributed by atoms with van der Waals surface area (Å²) >= 11 is 3.34. The average molecular weight is 371 g/mol. The van der Waals surface area contributed by atoms with Crippen LogP contribution < -0.4 is 4.74 Å². The lowest BCUT2D eigenvalue weighted by molar-refractivity contribution is 0.0454. The summed E-state index contributed by atoms with van der Waals surface area (Å²) in [5.41, 5.74) is 0.393. The highest BCUT2D eigenvalue weighted by molar-refractivity contribution is 9.10. The van der Waals surface area contributed by atoms with Gasteiger partial charge in [-0.25, -0.2) is 9.59 Å². The molecule has 0 aliphatic heterocycles. The van der Waals surface area contributed by atoms with E-state index in [2.05, 4.69) is 15.9 Å². The molecule has 0 N–H and O–H groups in total. The van der Waals surface area contributed by atoms with E-state index in [4.69, 9.17) is 18.6 Å². The van der Waals surface area contributed by atoms with E-state index < -0.39 is 11.9 Å². The number of fused-ring (bicyclic) bond motifs is 1. The molecule has 118 valence electrons. The Morgan fingerprint density at radius 2 is 1.77 bits per heavy atom. The van der Waals surface area contributed by atoms with Crippen LogP contribution in [0, 0.1) is 0 Å². The predicted octanol–water partition coefficient (Wildman–Crippen LogP) is 3.56. The number of hydrogen-bond acceptors (Lipinski definition) is 6. The van der Waals surface area contributed by atoms with Crippen LogP contribution >= 0.6 is 15.9 Å². The van der Waals surface area contributed by atoms with E-state index in [-0.39, 0.29) is 24.5 Å². The van der Waals surface area contributed by atoms with E-state index in [1.54, 1.807) is 26.0 Å². The summed E-state index contributed by atoms with van der Waals surface area (Å²) in [4.78, 5) is 24.2. The van der Waals surface area contributed by atoms with Crippen molar-refractivity contribution in [3.63, 3.8) is 0 Å². The van der Waals surface area contributed by atoms with Gasteiger partial charge in [-0.3, -0.25) is 0 Å². The van der Waals surface area contributed by atoms with Gasteiger partial charge in [-0.2, -0.15) is 0 Å². The number of ether oxygens (including phenoxy) is 3. The molecular weight excluding hydrogens is 356 g/mol. The van der Waals surface area contributed by atoms with Gasteiger partial charge in [-0.05, 0) is 35.8 Å². The van der Waals surface area contributed by atoms with Crippen LogP contribution in [0.3, 0.4) is 0 Å². The molecule has 7 heteroatoms. The fourth-order valence-corrected chi connectivity index (χ4v) is 2.51. The quantitative estimate of drug-likeness (QED) is 0.749. The van der Waals surface area contributed by atoms with Crippen LogP contribution in [-0.4, -0.2) is 32.3 Å². The lowest BCUT2D eigenvalue weighted by Crippen LogP contribution is -2.12.